The Balaban J connectivity index is 2.21. The third kappa shape index (κ3) is 3.86. The molecule has 7 nitrogen and oxygen atoms in total. The SMILES string of the molecule is NCc1cccc(S(=O)(=O)n2c(CCCC(=O)O)cc3nc(Cl)ccc32)c1Cl. The second kappa shape index (κ2) is 8.08. The number of pyridine rings is 1. The fourth-order valence-electron chi connectivity index (χ4n) is 2.98. The maximum absolute atomic E-state index is 13.5. The predicted molar refractivity (Wildman–Crippen MR) is 107 cm³/mol. The van der Waals surface area contributed by atoms with Crippen LogP contribution in [-0.4, -0.2) is 28.5 Å². The van der Waals surface area contributed by atoms with Crippen molar-refractivity contribution in [1.82, 2.24) is 8.96 Å². The summed E-state index contributed by atoms with van der Waals surface area (Å²) in [7, 11) is -4.08. The van der Waals surface area contributed by atoms with Crippen LogP contribution in [0, 0.1) is 0 Å². The van der Waals surface area contributed by atoms with E-state index in [1.807, 2.05) is 0 Å². The Hall–Kier alpha value is -2.13. The summed E-state index contributed by atoms with van der Waals surface area (Å²) < 4.78 is 28.1. The molecule has 0 saturated carbocycles. The van der Waals surface area contributed by atoms with Crippen LogP contribution in [0.1, 0.15) is 24.1 Å². The van der Waals surface area contributed by atoms with Gasteiger partial charge in [0.1, 0.15) is 10.0 Å². The van der Waals surface area contributed by atoms with Crippen molar-refractivity contribution in [2.24, 2.45) is 5.73 Å². The molecule has 0 atom stereocenters. The first kappa shape index (κ1) is 20.6. The van der Waals surface area contributed by atoms with Crippen molar-refractivity contribution in [1.29, 1.82) is 0 Å². The number of carbonyl (C=O) groups is 1. The maximum Gasteiger partial charge on any atom is 0.303 e. The molecule has 28 heavy (non-hydrogen) atoms. The molecule has 148 valence electrons. The number of aromatic nitrogens is 2. The van der Waals surface area contributed by atoms with Crippen molar-refractivity contribution in [3.63, 3.8) is 0 Å². The quantitative estimate of drug-likeness (QED) is 0.542. The second-order valence-electron chi connectivity index (χ2n) is 6.12. The van der Waals surface area contributed by atoms with Crippen molar-refractivity contribution in [2.45, 2.75) is 30.7 Å². The van der Waals surface area contributed by atoms with Crippen LogP contribution in [0.15, 0.2) is 41.3 Å². The number of carboxylic acid groups (broad SMARTS) is 1. The summed E-state index contributed by atoms with van der Waals surface area (Å²) in [5, 5.41) is 9.17. The van der Waals surface area contributed by atoms with Crippen LogP contribution in [0.3, 0.4) is 0 Å². The molecule has 0 fully saturated rings. The van der Waals surface area contributed by atoms with E-state index in [1.165, 1.54) is 12.1 Å². The standard InChI is InChI=1S/C18H17Cl2N3O4S/c19-16-8-7-14-13(22-16)9-12(4-2-6-17(24)25)23(14)28(26,27)15-5-1-3-11(10-21)18(15)20/h1,3,5,7-9H,2,4,6,10,21H2,(H,24,25). The minimum atomic E-state index is -4.08. The van der Waals surface area contributed by atoms with Crippen LogP contribution in [0.25, 0.3) is 11.0 Å². The zero-order chi connectivity index (χ0) is 20.5. The lowest BCUT2D eigenvalue weighted by Crippen LogP contribution is -2.17. The van der Waals surface area contributed by atoms with Crippen molar-refractivity contribution in [3.05, 3.63) is 57.8 Å². The van der Waals surface area contributed by atoms with Gasteiger partial charge in [-0.25, -0.2) is 17.4 Å². The molecule has 1 aromatic carbocycles. The van der Waals surface area contributed by atoms with Gasteiger partial charge in [-0.1, -0.05) is 35.3 Å². The van der Waals surface area contributed by atoms with Gasteiger partial charge >= 0.3 is 5.97 Å². The zero-order valence-corrected chi connectivity index (χ0v) is 16.9. The Kier molecular flexibility index (Phi) is 5.95. The van der Waals surface area contributed by atoms with E-state index in [0.29, 0.717) is 22.3 Å². The first-order valence-corrected chi connectivity index (χ1v) is 10.6. The van der Waals surface area contributed by atoms with Crippen LogP contribution in [0.4, 0.5) is 0 Å². The fourth-order valence-corrected chi connectivity index (χ4v) is 5.30. The van der Waals surface area contributed by atoms with Crippen molar-refractivity contribution in [2.75, 3.05) is 0 Å². The molecule has 0 spiro atoms. The highest BCUT2D eigenvalue weighted by Gasteiger charge is 2.26. The highest BCUT2D eigenvalue weighted by atomic mass is 35.5. The largest absolute Gasteiger partial charge is 0.481 e. The molecule has 0 unspecified atom stereocenters. The Bertz CT molecular complexity index is 1160. The zero-order valence-electron chi connectivity index (χ0n) is 14.6. The number of nitrogens with two attached hydrogens (primary N) is 1. The van der Waals surface area contributed by atoms with Gasteiger partial charge in [-0.3, -0.25) is 4.79 Å². The van der Waals surface area contributed by atoms with Gasteiger partial charge in [0.25, 0.3) is 10.0 Å². The summed E-state index contributed by atoms with van der Waals surface area (Å²) in [4.78, 5) is 14.9. The first-order chi connectivity index (χ1) is 13.3. The monoisotopic (exact) mass is 441 g/mol. The number of benzene rings is 1. The van der Waals surface area contributed by atoms with Crippen LogP contribution >= 0.6 is 23.2 Å². The van der Waals surface area contributed by atoms with E-state index in [0.717, 1.165) is 3.97 Å². The van der Waals surface area contributed by atoms with Crippen molar-refractivity contribution >= 4 is 50.2 Å². The normalized spacial score (nSPS) is 11.8. The fraction of sp³-hybridized carbons (Fsp3) is 0.222. The highest BCUT2D eigenvalue weighted by molar-refractivity contribution is 7.90. The van der Waals surface area contributed by atoms with Crippen molar-refractivity contribution in [3.8, 4) is 0 Å². The van der Waals surface area contributed by atoms with Gasteiger partial charge in [0, 0.05) is 18.7 Å². The van der Waals surface area contributed by atoms with Gasteiger partial charge in [0.2, 0.25) is 0 Å². The Morgan fingerprint density at radius 3 is 2.64 bits per heavy atom. The summed E-state index contributed by atoms with van der Waals surface area (Å²) in [5.41, 5.74) is 7.29. The van der Waals surface area contributed by atoms with E-state index in [9.17, 15) is 13.2 Å². The topological polar surface area (TPSA) is 115 Å². The number of halogens is 2. The van der Waals surface area contributed by atoms with Crippen LogP contribution in [0.5, 0.6) is 0 Å². The molecule has 0 aliphatic rings. The molecule has 0 aliphatic carbocycles. The summed E-state index contributed by atoms with van der Waals surface area (Å²) in [6, 6.07) is 9.29. The smallest absolute Gasteiger partial charge is 0.303 e. The van der Waals surface area contributed by atoms with E-state index in [2.05, 4.69) is 4.98 Å². The second-order valence-corrected chi connectivity index (χ2v) is 8.64. The minimum absolute atomic E-state index is 0.0604. The lowest BCUT2D eigenvalue weighted by Gasteiger charge is -2.14. The van der Waals surface area contributed by atoms with Crippen LogP contribution in [-0.2, 0) is 27.8 Å². The molecule has 2 heterocycles. The van der Waals surface area contributed by atoms with Gasteiger partial charge in [0.15, 0.2) is 0 Å². The summed E-state index contributed by atoms with van der Waals surface area (Å²) in [5.74, 6) is -0.953. The third-order valence-electron chi connectivity index (χ3n) is 4.26. The summed E-state index contributed by atoms with van der Waals surface area (Å²) >= 11 is 12.2. The van der Waals surface area contributed by atoms with E-state index in [1.54, 1.807) is 24.3 Å². The van der Waals surface area contributed by atoms with E-state index >= 15 is 0 Å². The average molecular weight is 442 g/mol. The molecule has 3 rings (SSSR count). The van der Waals surface area contributed by atoms with Gasteiger partial charge in [-0.15, -0.1) is 0 Å². The number of hydrogen-bond donors (Lipinski definition) is 2. The predicted octanol–water partition coefficient (Wildman–Crippen LogP) is 3.45. The number of aryl methyl sites for hydroxylation is 1. The molecule has 3 N–H and O–H groups in total. The molecule has 0 bridgehead atoms. The molecule has 0 aliphatic heterocycles. The Morgan fingerprint density at radius 1 is 1.21 bits per heavy atom. The summed E-state index contributed by atoms with van der Waals surface area (Å²) in [6.07, 6.45) is 0.415. The molecule has 2 aromatic heterocycles. The van der Waals surface area contributed by atoms with Crippen LogP contribution in [0.2, 0.25) is 10.2 Å². The Morgan fingerprint density at radius 2 is 1.96 bits per heavy atom. The van der Waals surface area contributed by atoms with Crippen molar-refractivity contribution < 1.29 is 18.3 Å². The number of rotatable bonds is 7. The molecular weight excluding hydrogens is 425 g/mol. The maximum atomic E-state index is 13.5. The minimum Gasteiger partial charge on any atom is -0.481 e. The van der Waals surface area contributed by atoms with E-state index in [-0.39, 0.29) is 40.9 Å². The molecule has 0 radical (unpaired) electrons. The van der Waals surface area contributed by atoms with Gasteiger partial charge < -0.3 is 10.8 Å². The number of fused-ring (bicyclic) bond motifs is 1. The van der Waals surface area contributed by atoms with Gasteiger partial charge in [-0.05, 0) is 42.7 Å². The van der Waals surface area contributed by atoms with Crippen LogP contribution < -0.4 is 5.73 Å². The number of nitrogens with zero attached hydrogens (tertiary/aromatic N) is 2. The lowest BCUT2D eigenvalue weighted by molar-refractivity contribution is -0.137. The number of aliphatic carboxylic acids is 1. The van der Waals surface area contributed by atoms with Gasteiger partial charge in [0.05, 0.1) is 16.1 Å². The molecular formula is C18H17Cl2N3O4S. The third-order valence-corrected chi connectivity index (χ3v) is 6.83. The highest BCUT2D eigenvalue weighted by Crippen LogP contribution is 2.31. The number of hydrogen-bond acceptors (Lipinski definition) is 5. The average Bonchev–Trinajstić information content (AvgIpc) is 2.99. The Labute approximate surface area is 171 Å². The molecule has 3 aromatic rings. The first-order valence-electron chi connectivity index (χ1n) is 8.37. The molecule has 0 amide bonds. The van der Waals surface area contributed by atoms with E-state index in [4.69, 9.17) is 34.0 Å². The van der Waals surface area contributed by atoms with E-state index < -0.39 is 16.0 Å². The summed E-state index contributed by atoms with van der Waals surface area (Å²) in [6.45, 7) is 0.0945. The number of carboxylic acids is 1. The van der Waals surface area contributed by atoms with Gasteiger partial charge in [-0.2, -0.15) is 0 Å². The molecule has 10 heteroatoms. The lowest BCUT2D eigenvalue weighted by atomic mass is 10.2. The molecule has 0 saturated heterocycles.